The molecule has 0 saturated carbocycles. The van der Waals surface area contributed by atoms with Crippen LogP contribution in [0.4, 0.5) is 5.69 Å². The Hall–Kier alpha value is -2.24. The number of amides is 1. The number of ether oxygens (including phenoxy) is 1. The molecule has 0 bridgehead atoms. The topological polar surface area (TPSA) is 74.8 Å². The summed E-state index contributed by atoms with van der Waals surface area (Å²) in [6.45, 7) is 7.05. The summed E-state index contributed by atoms with van der Waals surface area (Å²) < 4.78 is 5.77. The van der Waals surface area contributed by atoms with Crippen molar-refractivity contribution in [3.05, 3.63) is 23.8 Å². The number of benzene rings is 1. The highest BCUT2D eigenvalue weighted by Crippen LogP contribution is 2.26. The minimum atomic E-state index is 0.0812. The van der Waals surface area contributed by atoms with E-state index in [4.69, 9.17) is 4.74 Å². The number of carbonyl (C=O) groups excluding carboxylic acids is 1. The van der Waals surface area contributed by atoms with E-state index in [1.807, 2.05) is 25.1 Å². The summed E-state index contributed by atoms with van der Waals surface area (Å²) in [5.74, 6) is 1.74. The Morgan fingerprint density at radius 1 is 1.30 bits per heavy atom. The fourth-order valence-electron chi connectivity index (χ4n) is 2.35. The molecular weight excluding hydrogens is 292 g/mol. The second-order valence-electron chi connectivity index (χ2n) is 5.40. The van der Waals surface area contributed by atoms with Gasteiger partial charge >= 0.3 is 0 Å². The first-order valence-corrected chi connectivity index (χ1v) is 8.30. The first-order valence-electron chi connectivity index (χ1n) is 8.30. The first kappa shape index (κ1) is 17.1. The fraction of sp³-hybridized carbons (Fsp3) is 0.529. The lowest BCUT2D eigenvalue weighted by Crippen LogP contribution is -2.39. The monoisotopic (exact) mass is 318 g/mol. The average Bonchev–Trinajstić information content (AvgIpc) is 2.56. The minimum Gasteiger partial charge on any atom is -0.492 e. The summed E-state index contributed by atoms with van der Waals surface area (Å²) in [6.07, 6.45) is 2.33. The Balaban J connectivity index is 1.79. The van der Waals surface area contributed by atoms with Crippen LogP contribution >= 0.6 is 0 Å². The number of hydrogen-bond acceptors (Lipinski definition) is 3. The molecular formula is C17H26N4O2. The van der Waals surface area contributed by atoms with Gasteiger partial charge in [0.05, 0.1) is 6.54 Å². The van der Waals surface area contributed by atoms with Crippen molar-refractivity contribution in [1.82, 2.24) is 10.6 Å². The van der Waals surface area contributed by atoms with E-state index in [0.717, 1.165) is 48.9 Å². The van der Waals surface area contributed by atoms with Crippen LogP contribution in [0, 0.1) is 0 Å². The van der Waals surface area contributed by atoms with Crippen molar-refractivity contribution in [2.24, 2.45) is 4.99 Å². The molecule has 0 aromatic heterocycles. The van der Waals surface area contributed by atoms with E-state index in [0.29, 0.717) is 19.6 Å². The van der Waals surface area contributed by atoms with Crippen molar-refractivity contribution in [1.29, 1.82) is 0 Å². The standard InChI is InChI=1S/C17H26N4O2/c1-3-9-19-17(18-4-2)20-10-11-23-14-6-7-15-13(12-14)5-8-16(22)21-15/h6-7,12H,3-5,8-11H2,1-2H3,(H,21,22)(H2,18,19,20). The maximum Gasteiger partial charge on any atom is 0.224 e. The quantitative estimate of drug-likeness (QED) is 0.408. The SMILES string of the molecule is CCCN=C(NCC)NCCOc1ccc2c(c1)CCC(=O)N2. The van der Waals surface area contributed by atoms with E-state index in [2.05, 4.69) is 27.9 Å². The number of guanidine groups is 1. The number of rotatable bonds is 7. The van der Waals surface area contributed by atoms with Gasteiger partial charge < -0.3 is 20.7 Å². The van der Waals surface area contributed by atoms with Crippen LogP contribution in [0.2, 0.25) is 0 Å². The summed E-state index contributed by atoms with van der Waals surface area (Å²) in [4.78, 5) is 15.8. The van der Waals surface area contributed by atoms with Gasteiger partial charge in [0.15, 0.2) is 5.96 Å². The van der Waals surface area contributed by atoms with Crippen LogP contribution in [0.25, 0.3) is 0 Å². The second-order valence-corrected chi connectivity index (χ2v) is 5.40. The zero-order chi connectivity index (χ0) is 16.5. The molecule has 3 N–H and O–H groups in total. The molecule has 0 radical (unpaired) electrons. The molecule has 6 heteroatoms. The maximum atomic E-state index is 11.3. The molecule has 0 aliphatic carbocycles. The Morgan fingerprint density at radius 3 is 2.96 bits per heavy atom. The number of nitrogens with one attached hydrogen (secondary N) is 3. The number of nitrogens with zero attached hydrogens (tertiary/aromatic N) is 1. The van der Waals surface area contributed by atoms with Gasteiger partial charge in [0, 0.05) is 25.2 Å². The Labute approximate surface area is 137 Å². The largest absolute Gasteiger partial charge is 0.492 e. The van der Waals surface area contributed by atoms with E-state index in [-0.39, 0.29) is 5.91 Å². The molecule has 1 amide bonds. The van der Waals surface area contributed by atoms with Crippen molar-refractivity contribution in [2.45, 2.75) is 33.1 Å². The zero-order valence-electron chi connectivity index (χ0n) is 13.9. The minimum absolute atomic E-state index is 0.0812. The highest BCUT2D eigenvalue weighted by molar-refractivity contribution is 5.94. The van der Waals surface area contributed by atoms with Crippen molar-refractivity contribution in [2.75, 3.05) is 31.6 Å². The average molecular weight is 318 g/mol. The van der Waals surface area contributed by atoms with Crippen molar-refractivity contribution < 1.29 is 9.53 Å². The van der Waals surface area contributed by atoms with Gasteiger partial charge in [-0.15, -0.1) is 0 Å². The molecule has 1 heterocycles. The van der Waals surface area contributed by atoms with E-state index in [1.54, 1.807) is 0 Å². The molecule has 0 fully saturated rings. The van der Waals surface area contributed by atoms with Crippen molar-refractivity contribution >= 4 is 17.6 Å². The molecule has 0 atom stereocenters. The smallest absolute Gasteiger partial charge is 0.224 e. The second kappa shape index (κ2) is 9.02. The molecule has 0 spiro atoms. The normalized spacial score (nSPS) is 14.0. The van der Waals surface area contributed by atoms with Crippen molar-refractivity contribution in [3.8, 4) is 5.75 Å². The molecule has 1 aromatic carbocycles. The lowest BCUT2D eigenvalue weighted by atomic mass is 10.0. The lowest BCUT2D eigenvalue weighted by molar-refractivity contribution is -0.116. The van der Waals surface area contributed by atoms with E-state index in [9.17, 15) is 4.79 Å². The number of aryl methyl sites for hydroxylation is 1. The third-order valence-corrected chi connectivity index (χ3v) is 3.47. The summed E-state index contributed by atoms with van der Waals surface area (Å²) >= 11 is 0. The lowest BCUT2D eigenvalue weighted by Gasteiger charge is -2.18. The van der Waals surface area contributed by atoms with Gasteiger partial charge in [-0.3, -0.25) is 9.79 Å². The Bertz CT molecular complexity index is 558. The van der Waals surface area contributed by atoms with Crippen molar-refractivity contribution in [3.63, 3.8) is 0 Å². The highest BCUT2D eigenvalue weighted by Gasteiger charge is 2.14. The van der Waals surface area contributed by atoms with Gasteiger partial charge in [0.1, 0.15) is 12.4 Å². The Kier molecular flexibility index (Phi) is 6.72. The van der Waals surface area contributed by atoms with Crippen LogP contribution in [-0.4, -0.2) is 38.1 Å². The van der Waals surface area contributed by atoms with Gasteiger partial charge in [-0.1, -0.05) is 6.92 Å². The Morgan fingerprint density at radius 2 is 2.17 bits per heavy atom. The van der Waals surface area contributed by atoms with Gasteiger partial charge in [-0.25, -0.2) is 0 Å². The molecule has 2 rings (SSSR count). The van der Waals surface area contributed by atoms with Gasteiger partial charge in [-0.2, -0.15) is 0 Å². The zero-order valence-corrected chi connectivity index (χ0v) is 13.9. The molecule has 1 aliphatic heterocycles. The van der Waals surface area contributed by atoms with Crippen LogP contribution in [0.15, 0.2) is 23.2 Å². The summed E-state index contributed by atoms with van der Waals surface area (Å²) in [6, 6.07) is 5.80. The van der Waals surface area contributed by atoms with Gasteiger partial charge in [-0.05, 0) is 43.5 Å². The van der Waals surface area contributed by atoms with Gasteiger partial charge in [0.2, 0.25) is 5.91 Å². The summed E-state index contributed by atoms with van der Waals surface area (Å²) in [5.41, 5.74) is 2.03. The maximum absolute atomic E-state index is 11.3. The van der Waals surface area contributed by atoms with E-state index >= 15 is 0 Å². The number of aliphatic imine (C=N–C) groups is 1. The molecule has 0 unspecified atom stereocenters. The predicted molar refractivity (Wildman–Crippen MR) is 93.2 cm³/mol. The first-order chi connectivity index (χ1) is 11.2. The number of fused-ring (bicyclic) bond motifs is 1. The van der Waals surface area contributed by atoms with Crippen LogP contribution in [0.3, 0.4) is 0 Å². The third-order valence-electron chi connectivity index (χ3n) is 3.47. The van der Waals surface area contributed by atoms with Crippen LogP contribution in [0.1, 0.15) is 32.3 Å². The predicted octanol–water partition coefficient (Wildman–Crippen LogP) is 1.92. The van der Waals surface area contributed by atoms with E-state index in [1.165, 1.54) is 0 Å². The molecule has 1 aromatic rings. The van der Waals surface area contributed by atoms with E-state index < -0.39 is 0 Å². The van der Waals surface area contributed by atoms with Gasteiger partial charge in [0.25, 0.3) is 0 Å². The number of hydrogen-bond donors (Lipinski definition) is 3. The summed E-state index contributed by atoms with van der Waals surface area (Å²) in [7, 11) is 0. The highest BCUT2D eigenvalue weighted by atomic mass is 16.5. The molecule has 23 heavy (non-hydrogen) atoms. The third kappa shape index (κ3) is 5.47. The fourth-order valence-corrected chi connectivity index (χ4v) is 2.35. The number of anilines is 1. The molecule has 126 valence electrons. The van der Waals surface area contributed by atoms with Crippen LogP contribution in [0.5, 0.6) is 5.75 Å². The molecule has 0 saturated heterocycles. The number of carbonyl (C=O) groups is 1. The summed E-state index contributed by atoms with van der Waals surface area (Å²) in [5, 5.41) is 9.33. The molecule has 6 nitrogen and oxygen atoms in total. The van der Waals surface area contributed by atoms with Crippen LogP contribution in [-0.2, 0) is 11.2 Å². The molecule has 1 aliphatic rings. The van der Waals surface area contributed by atoms with Crippen LogP contribution < -0.4 is 20.7 Å².